The van der Waals surface area contributed by atoms with Gasteiger partial charge in [-0.3, -0.25) is 0 Å². The third kappa shape index (κ3) is 3.69. The molecule has 0 saturated carbocycles. The van der Waals surface area contributed by atoms with E-state index in [1.54, 1.807) is 0 Å². The van der Waals surface area contributed by atoms with E-state index in [0.717, 1.165) is 0 Å². The molecule has 0 aliphatic heterocycles. The van der Waals surface area contributed by atoms with Crippen LogP contribution in [-0.2, 0) is 6.18 Å². The molecule has 0 fully saturated rings. The Balaban J connectivity index is 3.54. The van der Waals surface area contributed by atoms with Gasteiger partial charge < -0.3 is 9.84 Å². The Morgan fingerprint density at radius 2 is 1.74 bits per heavy atom. The molecule has 0 spiro atoms. The molecule has 1 heterocycles. The normalized spacial score (nSPS) is 12.4. The average molecular weight is 293 g/mol. The molecule has 1 aromatic heterocycles. The molecule has 11 heteroatoms. The highest BCUT2D eigenvalue weighted by Crippen LogP contribution is 2.36. The first kappa shape index (κ1) is 15.0. The molecule has 106 valence electrons. The molecular weight excluding hydrogens is 291 g/mol. The predicted molar refractivity (Wildman–Crippen MR) is 42.8 cm³/mol. The number of halogens is 7. The van der Waals surface area contributed by atoms with Crippen LogP contribution in [0.15, 0.2) is 6.07 Å². The highest BCUT2D eigenvalue weighted by Gasteiger charge is 2.42. The summed E-state index contributed by atoms with van der Waals surface area (Å²) in [6, 6.07) is -0.202. The fourth-order valence-electron chi connectivity index (χ4n) is 1.11. The monoisotopic (exact) mass is 293 g/mol. The number of hydrogen-bond donors (Lipinski definition) is 1. The van der Waals surface area contributed by atoms with Crippen molar-refractivity contribution in [3.05, 3.63) is 23.3 Å². The maximum Gasteiger partial charge on any atom is 0.573 e. The third-order valence-corrected chi connectivity index (χ3v) is 1.66. The Bertz CT molecular complexity index is 508. The SMILES string of the molecule is O=C(O)c1c(OC(F)(F)F)cc(F)nc1C(F)(F)F. The summed E-state index contributed by atoms with van der Waals surface area (Å²) in [5.41, 5.74) is -4.24. The van der Waals surface area contributed by atoms with Crippen molar-refractivity contribution in [3.63, 3.8) is 0 Å². The van der Waals surface area contributed by atoms with Crippen LogP contribution in [0.1, 0.15) is 16.1 Å². The van der Waals surface area contributed by atoms with Crippen molar-refractivity contribution in [3.8, 4) is 5.75 Å². The molecule has 0 amide bonds. The molecule has 0 unspecified atom stereocenters. The topological polar surface area (TPSA) is 59.4 Å². The van der Waals surface area contributed by atoms with Gasteiger partial charge in [0.05, 0.1) is 0 Å². The summed E-state index contributed by atoms with van der Waals surface area (Å²) >= 11 is 0. The second kappa shape index (κ2) is 4.55. The van der Waals surface area contributed by atoms with Gasteiger partial charge in [0.2, 0.25) is 5.95 Å². The van der Waals surface area contributed by atoms with Gasteiger partial charge in [-0.1, -0.05) is 0 Å². The minimum Gasteiger partial charge on any atom is -0.477 e. The van der Waals surface area contributed by atoms with E-state index in [-0.39, 0.29) is 6.07 Å². The van der Waals surface area contributed by atoms with E-state index in [4.69, 9.17) is 5.11 Å². The second-order valence-electron chi connectivity index (χ2n) is 3.02. The van der Waals surface area contributed by atoms with Crippen LogP contribution < -0.4 is 4.74 Å². The number of ether oxygens (including phenoxy) is 1. The summed E-state index contributed by atoms with van der Waals surface area (Å²) < 4.78 is 88.6. The number of nitrogens with zero attached hydrogens (tertiary/aromatic N) is 1. The number of carbonyl (C=O) groups is 1. The van der Waals surface area contributed by atoms with E-state index < -0.39 is 41.5 Å². The van der Waals surface area contributed by atoms with Crippen LogP contribution in [0.25, 0.3) is 0 Å². The molecule has 4 nitrogen and oxygen atoms in total. The summed E-state index contributed by atoms with van der Waals surface area (Å²) in [6.45, 7) is 0. The zero-order valence-electron chi connectivity index (χ0n) is 8.43. The number of aromatic nitrogens is 1. The van der Waals surface area contributed by atoms with Gasteiger partial charge in [-0.25, -0.2) is 9.78 Å². The Hall–Kier alpha value is -2.07. The molecule has 1 aromatic rings. The fourth-order valence-corrected chi connectivity index (χ4v) is 1.11. The molecule has 1 N–H and O–H groups in total. The molecule has 0 aliphatic carbocycles. The van der Waals surface area contributed by atoms with Gasteiger partial charge >= 0.3 is 18.5 Å². The lowest BCUT2D eigenvalue weighted by molar-refractivity contribution is -0.275. The van der Waals surface area contributed by atoms with Gasteiger partial charge in [-0.15, -0.1) is 13.2 Å². The lowest BCUT2D eigenvalue weighted by Crippen LogP contribution is -2.23. The molecule has 0 radical (unpaired) electrons. The number of aromatic carboxylic acids is 1. The Morgan fingerprint density at radius 1 is 1.21 bits per heavy atom. The summed E-state index contributed by atoms with van der Waals surface area (Å²) in [7, 11) is 0. The first-order chi connectivity index (χ1) is 8.42. The van der Waals surface area contributed by atoms with Crippen molar-refractivity contribution in [2.45, 2.75) is 12.5 Å². The number of rotatable bonds is 2. The number of alkyl halides is 6. The molecular formula is C8H2F7NO3. The van der Waals surface area contributed by atoms with Crippen molar-refractivity contribution in [1.29, 1.82) is 0 Å². The Morgan fingerprint density at radius 3 is 2.11 bits per heavy atom. The standard InChI is InChI=1S/C8H2F7NO3/c9-3-1-2(19-8(13,14)15)4(6(17)18)5(16-3)7(10,11)12/h1H,(H,17,18). The Labute approximate surface area is 99.0 Å². The van der Waals surface area contributed by atoms with E-state index in [2.05, 4.69) is 9.72 Å². The second-order valence-corrected chi connectivity index (χ2v) is 3.02. The van der Waals surface area contributed by atoms with E-state index in [0.29, 0.717) is 0 Å². The van der Waals surface area contributed by atoms with Crippen molar-refractivity contribution >= 4 is 5.97 Å². The lowest BCUT2D eigenvalue weighted by Gasteiger charge is -2.15. The molecule has 0 saturated heterocycles. The average Bonchev–Trinajstić information content (AvgIpc) is 2.11. The van der Waals surface area contributed by atoms with Gasteiger partial charge in [0.1, 0.15) is 5.56 Å². The van der Waals surface area contributed by atoms with Crippen LogP contribution in [0.3, 0.4) is 0 Å². The maximum absolute atomic E-state index is 12.7. The van der Waals surface area contributed by atoms with Gasteiger partial charge in [0.25, 0.3) is 0 Å². The molecule has 0 aliphatic rings. The fraction of sp³-hybridized carbons (Fsp3) is 0.250. The highest BCUT2D eigenvalue weighted by molar-refractivity contribution is 5.92. The summed E-state index contributed by atoms with van der Waals surface area (Å²) in [5.74, 6) is -6.18. The van der Waals surface area contributed by atoms with Gasteiger partial charge in [0.15, 0.2) is 11.4 Å². The first-order valence-corrected chi connectivity index (χ1v) is 4.18. The zero-order chi connectivity index (χ0) is 15.0. The van der Waals surface area contributed by atoms with Crippen molar-refractivity contribution in [2.24, 2.45) is 0 Å². The molecule has 0 atom stereocenters. The van der Waals surface area contributed by atoms with Gasteiger partial charge in [-0.05, 0) is 0 Å². The third-order valence-electron chi connectivity index (χ3n) is 1.66. The van der Waals surface area contributed by atoms with Crippen molar-refractivity contribution in [1.82, 2.24) is 4.98 Å². The van der Waals surface area contributed by atoms with E-state index in [9.17, 15) is 35.5 Å². The van der Waals surface area contributed by atoms with E-state index in [1.807, 2.05) is 0 Å². The van der Waals surface area contributed by atoms with Crippen molar-refractivity contribution in [2.75, 3.05) is 0 Å². The number of carboxylic acid groups (broad SMARTS) is 1. The van der Waals surface area contributed by atoms with Crippen LogP contribution in [0.5, 0.6) is 5.75 Å². The minimum atomic E-state index is -5.49. The summed E-state index contributed by atoms with van der Waals surface area (Å²) in [5, 5.41) is 8.49. The predicted octanol–water partition coefficient (Wildman–Crippen LogP) is 2.84. The zero-order valence-corrected chi connectivity index (χ0v) is 8.43. The van der Waals surface area contributed by atoms with Crippen LogP contribution in [0.2, 0.25) is 0 Å². The van der Waals surface area contributed by atoms with Crippen LogP contribution in [0.4, 0.5) is 30.7 Å². The minimum absolute atomic E-state index is 0.202. The largest absolute Gasteiger partial charge is 0.573 e. The molecule has 0 aromatic carbocycles. The number of hydrogen-bond acceptors (Lipinski definition) is 3. The van der Waals surface area contributed by atoms with Crippen molar-refractivity contribution < 1.29 is 45.4 Å². The van der Waals surface area contributed by atoms with Gasteiger partial charge in [-0.2, -0.15) is 17.6 Å². The number of carboxylic acids is 1. The number of pyridine rings is 1. The highest BCUT2D eigenvalue weighted by atomic mass is 19.4. The van der Waals surface area contributed by atoms with Crippen LogP contribution >= 0.6 is 0 Å². The summed E-state index contributed by atoms with van der Waals surface area (Å²) in [6.07, 6.45) is -10.9. The van der Waals surface area contributed by atoms with Crippen LogP contribution in [0, 0.1) is 5.95 Å². The van der Waals surface area contributed by atoms with E-state index >= 15 is 0 Å². The molecule has 19 heavy (non-hydrogen) atoms. The van der Waals surface area contributed by atoms with E-state index in [1.165, 1.54) is 0 Å². The molecule has 1 rings (SSSR count). The van der Waals surface area contributed by atoms with Gasteiger partial charge in [0, 0.05) is 6.07 Å². The quantitative estimate of drug-likeness (QED) is 0.673. The first-order valence-electron chi connectivity index (χ1n) is 4.18. The lowest BCUT2D eigenvalue weighted by atomic mass is 10.1. The maximum atomic E-state index is 12.7. The molecule has 0 bridgehead atoms. The Kier molecular flexibility index (Phi) is 3.59. The van der Waals surface area contributed by atoms with Crippen LogP contribution in [-0.4, -0.2) is 22.4 Å². The summed E-state index contributed by atoms with van der Waals surface area (Å²) in [4.78, 5) is 12.8. The smallest absolute Gasteiger partial charge is 0.477 e.